The molecule has 3 aromatic rings. The summed E-state index contributed by atoms with van der Waals surface area (Å²) in [4.78, 5) is 35.9. The highest BCUT2D eigenvalue weighted by Gasteiger charge is 2.13. The van der Waals surface area contributed by atoms with Gasteiger partial charge in [-0.2, -0.15) is 0 Å². The standard InChI is InChI=1S/C18H15N5O3/c1-3-7-23-11-21-16-17(19-10-20-18(16)23)22-15(25)9-26-14-6-4-5-13(8-14)12(2)24/h1,4-6,8,10-11H,7,9H2,2H3,(H,19,20,22,25). The lowest BCUT2D eigenvalue weighted by atomic mass is 10.1. The number of benzene rings is 1. The van der Waals surface area contributed by atoms with E-state index >= 15 is 0 Å². The Morgan fingerprint density at radius 2 is 2.15 bits per heavy atom. The van der Waals surface area contributed by atoms with E-state index in [0.717, 1.165) is 0 Å². The number of rotatable bonds is 6. The summed E-state index contributed by atoms with van der Waals surface area (Å²) in [5.41, 5.74) is 1.48. The molecule has 2 heterocycles. The van der Waals surface area contributed by atoms with E-state index in [9.17, 15) is 9.59 Å². The molecule has 0 saturated carbocycles. The summed E-state index contributed by atoms with van der Waals surface area (Å²) in [5, 5.41) is 2.64. The number of carbonyl (C=O) groups excluding carboxylic acids is 2. The molecule has 3 rings (SSSR count). The number of anilines is 1. The molecule has 8 heteroatoms. The van der Waals surface area contributed by atoms with E-state index in [2.05, 4.69) is 26.2 Å². The molecular weight excluding hydrogens is 334 g/mol. The fourth-order valence-corrected chi connectivity index (χ4v) is 2.31. The van der Waals surface area contributed by atoms with Crippen LogP contribution in [0.4, 0.5) is 5.82 Å². The van der Waals surface area contributed by atoms with Gasteiger partial charge in [0.25, 0.3) is 5.91 Å². The molecule has 0 atom stereocenters. The molecule has 1 aromatic carbocycles. The van der Waals surface area contributed by atoms with Gasteiger partial charge in [0.15, 0.2) is 29.4 Å². The molecule has 0 bridgehead atoms. The molecule has 0 aliphatic carbocycles. The number of amides is 1. The summed E-state index contributed by atoms with van der Waals surface area (Å²) in [6.45, 7) is 1.54. The van der Waals surface area contributed by atoms with Crippen LogP contribution in [0.3, 0.4) is 0 Å². The van der Waals surface area contributed by atoms with E-state index < -0.39 is 5.91 Å². The molecule has 1 N–H and O–H groups in total. The van der Waals surface area contributed by atoms with Crippen molar-refractivity contribution in [3.8, 4) is 18.1 Å². The van der Waals surface area contributed by atoms with Crippen LogP contribution in [0.5, 0.6) is 5.75 Å². The summed E-state index contributed by atoms with van der Waals surface area (Å²) >= 11 is 0. The second-order valence-corrected chi connectivity index (χ2v) is 5.39. The van der Waals surface area contributed by atoms with Crippen LogP contribution in [0, 0.1) is 12.3 Å². The second kappa shape index (κ2) is 7.44. The number of imidazole rings is 1. The zero-order valence-electron chi connectivity index (χ0n) is 14.0. The number of ether oxygens (including phenoxy) is 1. The largest absolute Gasteiger partial charge is 0.484 e. The van der Waals surface area contributed by atoms with Gasteiger partial charge in [-0.05, 0) is 19.1 Å². The lowest BCUT2D eigenvalue weighted by molar-refractivity contribution is -0.118. The number of terminal acetylenes is 1. The minimum atomic E-state index is -0.412. The molecule has 0 fully saturated rings. The van der Waals surface area contributed by atoms with E-state index in [0.29, 0.717) is 29.0 Å². The topological polar surface area (TPSA) is 99.0 Å². The van der Waals surface area contributed by atoms with E-state index in [1.54, 1.807) is 35.2 Å². The number of hydrogen-bond acceptors (Lipinski definition) is 6. The van der Waals surface area contributed by atoms with Gasteiger partial charge < -0.3 is 14.6 Å². The van der Waals surface area contributed by atoms with Crippen molar-refractivity contribution in [2.45, 2.75) is 13.5 Å². The van der Waals surface area contributed by atoms with E-state index in [-0.39, 0.29) is 18.2 Å². The third-order valence-electron chi connectivity index (χ3n) is 3.53. The maximum Gasteiger partial charge on any atom is 0.263 e. The van der Waals surface area contributed by atoms with Gasteiger partial charge in [0.1, 0.15) is 12.1 Å². The normalized spacial score (nSPS) is 10.3. The SMILES string of the molecule is C#CCn1cnc2c(NC(=O)COc3cccc(C(C)=O)c3)ncnc21. The van der Waals surface area contributed by atoms with Crippen molar-refractivity contribution < 1.29 is 14.3 Å². The van der Waals surface area contributed by atoms with Crippen molar-refractivity contribution >= 4 is 28.7 Å². The Bertz CT molecular complexity index is 1020. The molecular formula is C18H15N5O3. The van der Waals surface area contributed by atoms with Crippen LogP contribution in [0.1, 0.15) is 17.3 Å². The first-order chi connectivity index (χ1) is 12.6. The molecule has 130 valence electrons. The molecule has 0 saturated heterocycles. The highest BCUT2D eigenvalue weighted by Crippen LogP contribution is 2.17. The number of nitrogens with zero attached hydrogens (tertiary/aromatic N) is 4. The van der Waals surface area contributed by atoms with Gasteiger partial charge in [0.05, 0.1) is 12.9 Å². The van der Waals surface area contributed by atoms with Crippen molar-refractivity contribution in [1.29, 1.82) is 0 Å². The minimum absolute atomic E-state index is 0.0779. The lowest BCUT2D eigenvalue weighted by Gasteiger charge is -2.08. The highest BCUT2D eigenvalue weighted by molar-refractivity contribution is 5.97. The van der Waals surface area contributed by atoms with Gasteiger partial charge in [-0.1, -0.05) is 18.1 Å². The summed E-state index contributed by atoms with van der Waals surface area (Å²) in [7, 11) is 0. The molecule has 26 heavy (non-hydrogen) atoms. The fraction of sp³-hybridized carbons (Fsp3) is 0.167. The molecule has 2 aromatic heterocycles. The number of Topliss-reactive ketones (excluding diaryl/α,β-unsaturated/α-hetero) is 1. The summed E-state index contributed by atoms with van der Waals surface area (Å²) in [6, 6.07) is 6.62. The van der Waals surface area contributed by atoms with Crippen molar-refractivity contribution in [1.82, 2.24) is 19.5 Å². The fourth-order valence-electron chi connectivity index (χ4n) is 2.31. The van der Waals surface area contributed by atoms with Crippen molar-refractivity contribution in [2.75, 3.05) is 11.9 Å². The average molecular weight is 349 g/mol. The third-order valence-corrected chi connectivity index (χ3v) is 3.53. The second-order valence-electron chi connectivity index (χ2n) is 5.39. The van der Waals surface area contributed by atoms with Crippen molar-refractivity contribution in [3.63, 3.8) is 0 Å². The maximum atomic E-state index is 12.2. The van der Waals surface area contributed by atoms with E-state index in [4.69, 9.17) is 11.2 Å². The lowest BCUT2D eigenvalue weighted by Crippen LogP contribution is -2.21. The average Bonchev–Trinajstić information content (AvgIpc) is 3.05. The third kappa shape index (κ3) is 3.67. The number of carbonyl (C=O) groups is 2. The highest BCUT2D eigenvalue weighted by atomic mass is 16.5. The van der Waals surface area contributed by atoms with Gasteiger partial charge in [-0.3, -0.25) is 9.59 Å². The Kier molecular flexibility index (Phi) is 4.90. The first kappa shape index (κ1) is 17.1. The van der Waals surface area contributed by atoms with Gasteiger partial charge in [0.2, 0.25) is 0 Å². The Hall–Kier alpha value is -3.73. The number of nitrogens with one attached hydrogen (secondary N) is 1. The predicted molar refractivity (Wildman–Crippen MR) is 94.7 cm³/mol. The van der Waals surface area contributed by atoms with Crippen LogP contribution < -0.4 is 10.1 Å². The van der Waals surface area contributed by atoms with E-state index in [1.165, 1.54) is 13.3 Å². The zero-order valence-corrected chi connectivity index (χ0v) is 14.0. The quantitative estimate of drug-likeness (QED) is 0.537. The van der Waals surface area contributed by atoms with Crippen LogP contribution in [0.25, 0.3) is 11.2 Å². The number of aromatic nitrogens is 4. The Morgan fingerprint density at radius 1 is 1.31 bits per heavy atom. The molecule has 1 amide bonds. The molecule has 0 aliphatic heterocycles. The van der Waals surface area contributed by atoms with Gasteiger partial charge >= 0.3 is 0 Å². The number of ketones is 1. The van der Waals surface area contributed by atoms with Crippen LogP contribution >= 0.6 is 0 Å². The first-order valence-electron chi connectivity index (χ1n) is 7.71. The molecule has 0 unspecified atom stereocenters. The van der Waals surface area contributed by atoms with Crippen LogP contribution in [0.15, 0.2) is 36.9 Å². The van der Waals surface area contributed by atoms with Crippen LogP contribution in [-0.2, 0) is 11.3 Å². The molecule has 8 nitrogen and oxygen atoms in total. The Morgan fingerprint density at radius 3 is 2.92 bits per heavy atom. The van der Waals surface area contributed by atoms with Crippen LogP contribution in [-0.4, -0.2) is 37.8 Å². The zero-order chi connectivity index (χ0) is 18.5. The summed E-state index contributed by atoms with van der Waals surface area (Å²) in [6.07, 6.45) is 8.17. The molecule has 0 spiro atoms. The summed E-state index contributed by atoms with van der Waals surface area (Å²) < 4.78 is 7.10. The molecule has 0 radical (unpaired) electrons. The van der Waals surface area contributed by atoms with E-state index in [1.807, 2.05) is 0 Å². The number of hydrogen-bond donors (Lipinski definition) is 1. The van der Waals surface area contributed by atoms with Gasteiger partial charge in [-0.15, -0.1) is 6.42 Å². The van der Waals surface area contributed by atoms with Crippen molar-refractivity contribution in [2.24, 2.45) is 0 Å². The predicted octanol–water partition coefficient (Wildman–Crippen LogP) is 1.68. The Balaban J connectivity index is 1.69. The molecule has 0 aliphatic rings. The number of fused-ring (bicyclic) bond motifs is 1. The maximum absolute atomic E-state index is 12.2. The van der Waals surface area contributed by atoms with Crippen LogP contribution in [0.2, 0.25) is 0 Å². The first-order valence-corrected chi connectivity index (χ1v) is 7.71. The monoisotopic (exact) mass is 349 g/mol. The summed E-state index contributed by atoms with van der Waals surface area (Å²) in [5.74, 6) is 2.72. The Labute approximate surface area is 149 Å². The van der Waals surface area contributed by atoms with Gasteiger partial charge in [-0.25, -0.2) is 15.0 Å². The van der Waals surface area contributed by atoms with Gasteiger partial charge in [0, 0.05) is 5.56 Å². The minimum Gasteiger partial charge on any atom is -0.484 e. The smallest absolute Gasteiger partial charge is 0.263 e. The van der Waals surface area contributed by atoms with Crippen molar-refractivity contribution in [3.05, 3.63) is 42.5 Å².